The van der Waals surface area contributed by atoms with Crippen molar-refractivity contribution in [2.45, 2.75) is 46.0 Å². The Bertz CT molecular complexity index is 512. The van der Waals surface area contributed by atoms with Crippen molar-refractivity contribution < 1.29 is 9.90 Å². The highest BCUT2D eigenvalue weighted by atomic mass is 16.2. The van der Waals surface area contributed by atoms with E-state index in [9.17, 15) is 4.79 Å². The van der Waals surface area contributed by atoms with E-state index in [1.165, 1.54) is 12.8 Å². The van der Waals surface area contributed by atoms with Crippen molar-refractivity contribution in [2.24, 2.45) is 0 Å². The van der Waals surface area contributed by atoms with Gasteiger partial charge in [0.2, 0.25) is 0 Å². The molecule has 0 aliphatic heterocycles. The number of aliphatic hydroxyl groups is 1. The van der Waals surface area contributed by atoms with E-state index in [2.05, 4.69) is 24.1 Å². The molecule has 0 saturated carbocycles. The number of hydrogen-bond donors (Lipinski definition) is 2. The second kappa shape index (κ2) is 10.0. The highest BCUT2D eigenvalue weighted by Crippen LogP contribution is 2.09. The molecule has 1 rings (SSSR count). The molecule has 1 amide bonds. The van der Waals surface area contributed by atoms with Crippen molar-refractivity contribution in [3.63, 3.8) is 0 Å². The summed E-state index contributed by atoms with van der Waals surface area (Å²) in [4.78, 5) is 12.1. The minimum absolute atomic E-state index is 0.0413. The summed E-state index contributed by atoms with van der Waals surface area (Å²) in [5, 5.41) is 11.7. The Morgan fingerprint density at radius 3 is 2.76 bits per heavy atom. The van der Waals surface area contributed by atoms with E-state index in [-0.39, 0.29) is 12.5 Å². The lowest BCUT2D eigenvalue weighted by Crippen LogP contribution is -2.24. The maximum atomic E-state index is 12.1. The first-order chi connectivity index (χ1) is 10.2. The molecule has 0 heterocycles. The monoisotopic (exact) mass is 287 g/mol. The quantitative estimate of drug-likeness (QED) is 0.598. The number of benzene rings is 1. The van der Waals surface area contributed by atoms with Gasteiger partial charge in [-0.3, -0.25) is 4.79 Å². The Kier molecular flexibility index (Phi) is 8.23. The Morgan fingerprint density at radius 1 is 1.24 bits per heavy atom. The average Bonchev–Trinajstić information content (AvgIpc) is 2.46. The van der Waals surface area contributed by atoms with Crippen LogP contribution in [0.4, 0.5) is 0 Å². The van der Waals surface area contributed by atoms with E-state index in [1.54, 1.807) is 6.07 Å². The molecule has 3 nitrogen and oxygen atoms in total. The molecule has 2 N–H and O–H groups in total. The highest BCUT2D eigenvalue weighted by molar-refractivity contribution is 5.94. The SMILES string of the molecule is CCCCCCNC(=O)c1cc(C)cc(C#CCCO)c1. The van der Waals surface area contributed by atoms with Gasteiger partial charge in [0.25, 0.3) is 5.91 Å². The molecule has 0 radical (unpaired) electrons. The Hall–Kier alpha value is -1.79. The van der Waals surface area contributed by atoms with Gasteiger partial charge < -0.3 is 10.4 Å². The summed E-state index contributed by atoms with van der Waals surface area (Å²) in [6.45, 7) is 4.90. The molecule has 0 bridgehead atoms. The van der Waals surface area contributed by atoms with Gasteiger partial charge in [-0.2, -0.15) is 0 Å². The van der Waals surface area contributed by atoms with Crippen LogP contribution in [0.15, 0.2) is 18.2 Å². The molecular weight excluding hydrogens is 262 g/mol. The van der Waals surface area contributed by atoms with Crippen LogP contribution < -0.4 is 5.32 Å². The van der Waals surface area contributed by atoms with Crippen LogP contribution in [-0.2, 0) is 0 Å². The van der Waals surface area contributed by atoms with Crippen LogP contribution in [-0.4, -0.2) is 24.2 Å². The average molecular weight is 287 g/mol. The van der Waals surface area contributed by atoms with Crippen LogP contribution in [0.1, 0.15) is 60.5 Å². The number of carbonyl (C=O) groups is 1. The molecule has 0 fully saturated rings. The van der Waals surface area contributed by atoms with Crippen LogP contribution in [0, 0.1) is 18.8 Å². The molecule has 0 aromatic heterocycles. The first kappa shape index (κ1) is 17.3. The number of aliphatic hydroxyl groups excluding tert-OH is 1. The van der Waals surface area contributed by atoms with E-state index in [0.717, 1.165) is 30.5 Å². The lowest BCUT2D eigenvalue weighted by molar-refractivity contribution is 0.0953. The molecule has 21 heavy (non-hydrogen) atoms. The van der Waals surface area contributed by atoms with Gasteiger partial charge in [-0.05, 0) is 37.1 Å². The van der Waals surface area contributed by atoms with Crippen molar-refractivity contribution in [1.82, 2.24) is 5.32 Å². The van der Waals surface area contributed by atoms with E-state index in [1.807, 2.05) is 19.1 Å². The molecule has 114 valence electrons. The van der Waals surface area contributed by atoms with E-state index in [4.69, 9.17) is 5.11 Å². The number of amides is 1. The molecule has 1 aromatic rings. The van der Waals surface area contributed by atoms with E-state index in [0.29, 0.717) is 12.0 Å². The minimum atomic E-state index is -0.0413. The Balaban J connectivity index is 2.61. The van der Waals surface area contributed by atoms with Gasteiger partial charge in [-0.1, -0.05) is 38.0 Å². The molecule has 1 aromatic carbocycles. The lowest BCUT2D eigenvalue weighted by Gasteiger charge is -2.06. The molecular formula is C18H25NO2. The normalized spacial score (nSPS) is 9.86. The first-order valence-corrected chi connectivity index (χ1v) is 7.67. The highest BCUT2D eigenvalue weighted by Gasteiger charge is 2.06. The van der Waals surface area contributed by atoms with Crippen molar-refractivity contribution in [3.8, 4) is 11.8 Å². The molecule has 3 heteroatoms. The van der Waals surface area contributed by atoms with Crippen molar-refractivity contribution in [2.75, 3.05) is 13.2 Å². The van der Waals surface area contributed by atoms with Crippen LogP contribution in [0.2, 0.25) is 0 Å². The smallest absolute Gasteiger partial charge is 0.251 e. The minimum Gasteiger partial charge on any atom is -0.395 e. The van der Waals surface area contributed by atoms with Gasteiger partial charge in [0, 0.05) is 24.1 Å². The maximum Gasteiger partial charge on any atom is 0.251 e. The third kappa shape index (κ3) is 6.97. The number of nitrogens with one attached hydrogen (secondary N) is 1. The third-order valence-corrected chi connectivity index (χ3v) is 3.12. The van der Waals surface area contributed by atoms with E-state index < -0.39 is 0 Å². The van der Waals surface area contributed by atoms with Gasteiger partial charge in [-0.25, -0.2) is 0 Å². The maximum absolute atomic E-state index is 12.1. The Labute approximate surface area is 127 Å². The molecule has 0 aliphatic rings. The fraction of sp³-hybridized carbons (Fsp3) is 0.500. The van der Waals surface area contributed by atoms with E-state index >= 15 is 0 Å². The van der Waals surface area contributed by atoms with Gasteiger partial charge in [0.1, 0.15) is 0 Å². The van der Waals surface area contributed by atoms with Gasteiger partial charge >= 0.3 is 0 Å². The lowest BCUT2D eigenvalue weighted by atomic mass is 10.1. The largest absolute Gasteiger partial charge is 0.395 e. The molecule has 0 spiro atoms. The van der Waals surface area contributed by atoms with Crippen LogP contribution in [0.3, 0.4) is 0 Å². The summed E-state index contributed by atoms with van der Waals surface area (Å²) in [7, 11) is 0. The van der Waals surface area contributed by atoms with Gasteiger partial charge in [0.05, 0.1) is 6.61 Å². The summed E-state index contributed by atoms with van der Waals surface area (Å²) >= 11 is 0. The zero-order valence-electron chi connectivity index (χ0n) is 13.0. The number of aryl methyl sites for hydroxylation is 1. The summed E-state index contributed by atoms with van der Waals surface area (Å²) in [6, 6.07) is 5.62. The summed E-state index contributed by atoms with van der Waals surface area (Å²) in [5.41, 5.74) is 2.49. The van der Waals surface area contributed by atoms with Gasteiger partial charge in [-0.15, -0.1) is 0 Å². The molecule has 0 atom stereocenters. The molecule has 0 saturated heterocycles. The predicted octanol–water partition coefficient (Wildman–Crippen LogP) is 3.04. The zero-order chi connectivity index (χ0) is 15.5. The summed E-state index contributed by atoms with van der Waals surface area (Å²) in [6.07, 6.45) is 5.04. The summed E-state index contributed by atoms with van der Waals surface area (Å²) < 4.78 is 0. The van der Waals surface area contributed by atoms with Crippen LogP contribution in [0.25, 0.3) is 0 Å². The first-order valence-electron chi connectivity index (χ1n) is 7.67. The fourth-order valence-corrected chi connectivity index (χ4v) is 2.06. The predicted molar refractivity (Wildman–Crippen MR) is 86.2 cm³/mol. The second-order valence-electron chi connectivity index (χ2n) is 5.18. The van der Waals surface area contributed by atoms with Crippen molar-refractivity contribution in [1.29, 1.82) is 0 Å². The second-order valence-corrected chi connectivity index (χ2v) is 5.18. The van der Waals surface area contributed by atoms with Crippen LogP contribution in [0.5, 0.6) is 0 Å². The number of rotatable bonds is 7. The van der Waals surface area contributed by atoms with Crippen molar-refractivity contribution >= 4 is 5.91 Å². The van der Waals surface area contributed by atoms with Crippen molar-refractivity contribution in [3.05, 3.63) is 34.9 Å². The fourth-order valence-electron chi connectivity index (χ4n) is 2.06. The number of carbonyl (C=O) groups excluding carboxylic acids is 1. The zero-order valence-corrected chi connectivity index (χ0v) is 13.0. The van der Waals surface area contributed by atoms with Crippen LogP contribution >= 0.6 is 0 Å². The molecule has 0 aliphatic carbocycles. The number of hydrogen-bond acceptors (Lipinski definition) is 2. The topological polar surface area (TPSA) is 49.3 Å². The van der Waals surface area contributed by atoms with Gasteiger partial charge in [0.15, 0.2) is 0 Å². The standard InChI is InChI=1S/C18H25NO2/c1-3-4-5-7-10-19-18(21)17-13-15(2)12-16(14-17)9-6-8-11-20/h12-14,20H,3-5,7-8,10-11H2,1-2H3,(H,19,21). The summed E-state index contributed by atoms with van der Waals surface area (Å²) in [5.74, 6) is 5.81. The third-order valence-electron chi connectivity index (χ3n) is 3.12. The number of unbranched alkanes of at least 4 members (excludes halogenated alkanes) is 3. The molecule has 0 unspecified atom stereocenters. The Morgan fingerprint density at radius 2 is 2.05 bits per heavy atom.